The van der Waals surface area contributed by atoms with Crippen LogP contribution in [0.4, 0.5) is 5.69 Å². The fourth-order valence-electron chi connectivity index (χ4n) is 2.17. The molecule has 2 N–H and O–H groups in total. The molecule has 0 bridgehead atoms. The Kier molecular flexibility index (Phi) is 7.49. The smallest absolute Gasteiger partial charge is 0.259 e. The van der Waals surface area contributed by atoms with Gasteiger partial charge in [-0.3, -0.25) is 4.79 Å². The van der Waals surface area contributed by atoms with E-state index in [0.717, 1.165) is 17.7 Å². The van der Waals surface area contributed by atoms with Crippen LogP contribution in [0.2, 0.25) is 0 Å². The number of carbonyl (C=O) groups is 1. The second kappa shape index (κ2) is 10.1. The quantitative estimate of drug-likeness (QED) is 0.534. The van der Waals surface area contributed by atoms with Crippen molar-refractivity contribution in [3.8, 4) is 11.5 Å². The summed E-state index contributed by atoms with van der Waals surface area (Å²) in [5.41, 5.74) is 5.37. The fraction of sp³-hybridized carbons (Fsp3) is 0.300. The molecule has 6 nitrogen and oxygen atoms in total. The summed E-state index contributed by atoms with van der Waals surface area (Å²) in [4.78, 5) is 11.9. The molecule has 0 aromatic heterocycles. The lowest BCUT2D eigenvalue weighted by molar-refractivity contribution is -0.119. The van der Waals surface area contributed by atoms with Crippen LogP contribution in [0.15, 0.2) is 47.6 Å². The highest BCUT2D eigenvalue weighted by atomic mass is 16.5. The van der Waals surface area contributed by atoms with Gasteiger partial charge in [0.25, 0.3) is 5.91 Å². The molecule has 0 spiro atoms. The summed E-state index contributed by atoms with van der Waals surface area (Å²) in [6.45, 7) is 4.81. The van der Waals surface area contributed by atoms with Crippen LogP contribution < -0.4 is 20.2 Å². The van der Waals surface area contributed by atoms with Crippen molar-refractivity contribution in [3.63, 3.8) is 0 Å². The maximum atomic E-state index is 11.9. The van der Waals surface area contributed by atoms with Crippen molar-refractivity contribution in [1.29, 1.82) is 0 Å². The summed E-state index contributed by atoms with van der Waals surface area (Å²) in [6.07, 6.45) is 2.48. The number of carbonyl (C=O) groups excluding carboxylic acids is 1. The predicted octanol–water partition coefficient (Wildman–Crippen LogP) is 3.35. The SMILES string of the molecule is CCCOc1cc(/C=N\NC(=O)CNc2ccc(C)cc2)ccc1OC. The number of aryl methyl sites for hydroxylation is 1. The minimum atomic E-state index is -0.224. The van der Waals surface area contributed by atoms with Crippen LogP contribution in [-0.4, -0.2) is 32.4 Å². The second-order valence-electron chi connectivity index (χ2n) is 5.77. The number of methoxy groups -OCH3 is 1. The molecule has 0 unspecified atom stereocenters. The lowest BCUT2D eigenvalue weighted by Gasteiger charge is -2.10. The first-order valence-corrected chi connectivity index (χ1v) is 8.55. The van der Waals surface area contributed by atoms with Gasteiger partial charge in [-0.05, 0) is 49.2 Å². The summed E-state index contributed by atoms with van der Waals surface area (Å²) in [5, 5.41) is 7.03. The molecule has 2 aromatic rings. The molecule has 0 aliphatic rings. The van der Waals surface area contributed by atoms with E-state index >= 15 is 0 Å². The van der Waals surface area contributed by atoms with Crippen LogP contribution in [0.5, 0.6) is 11.5 Å². The Bertz CT molecular complexity index is 742. The highest BCUT2D eigenvalue weighted by Crippen LogP contribution is 2.27. The van der Waals surface area contributed by atoms with Crippen molar-refractivity contribution < 1.29 is 14.3 Å². The van der Waals surface area contributed by atoms with Gasteiger partial charge in [0.15, 0.2) is 11.5 Å². The molecule has 138 valence electrons. The van der Waals surface area contributed by atoms with Gasteiger partial charge in [-0.15, -0.1) is 0 Å². The van der Waals surface area contributed by atoms with E-state index in [2.05, 4.69) is 15.8 Å². The van der Waals surface area contributed by atoms with E-state index in [1.54, 1.807) is 13.3 Å². The molecule has 0 saturated heterocycles. The first kappa shape index (κ1) is 19.3. The number of hydrazone groups is 1. The molecule has 2 rings (SSSR count). The molecule has 26 heavy (non-hydrogen) atoms. The van der Waals surface area contributed by atoms with Gasteiger partial charge in [0.1, 0.15) is 0 Å². The Morgan fingerprint density at radius 1 is 1.15 bits per heavy atom. The molecule has 0 aliphatic carbocycles. The van der Waals surface area contributed by atoms with Crippen molar-refractivity contribution in [2.75, 3.05) is 25.6 Å². The van der Waals surface area contributed by atoms with Crippen molar-refractivity contribution in [2.24, 2.45) is 5.10 Å². The van der Waals surface area contributed by atoms with Crippen LogP contribution >= 0.6 is 0 Å². The number of benzene rings is 2. The summed E-state index contributed by atoms with van der Waals surface area (Å²) >= 11 is 0. The van der Waals surface area contributed by atoms with Gasteiger partial charge in [-0.1, -0.05) is 24.6 Å². The molecule has 0 aliphatic heterocycles. The fourth-order valence-corrected chi connectivity index (χ4v) is 2.17. The molecule has 0 heterocycles. The summed E-state index contributed by atoms with van der Waals surface area (Å²) < 4.78 is 10.9. The van der Waals surface area contributed by atoms with Gasteiger partial charge in [0.2, 0.25) is 0 Å². The number of nitrogens with zero attached hydrogens (tertiary/aromatic N) is 1. The van der Waals surface area contributed by atoms with Gasteiger partial charge < -0.3 is 14.8 Å². The van der Waals surface area contributed by atoms with Crippen molar-refractivity contribution in [1.82, 2.24) is 5.43 Å². The number of anilines is 1. The number of amides is 1. The maximum absolute atomic E-state index is 11.9. The second-order valence-corrected chi connectivity index (χ2v) is 5.77. The number of nitrogens with one attached hydrogen (secondary N) is 2. The van der Waals surface area contributed by atoms with Gasteiger partial charge >= 0.3 is 0 Å². The third kappa shape index (κ3) is 6.12. The average molecular weight is 355 g/mol. The van der Waals surface area contributed by atoms with E-state index in [9.17, 15) is 4.79 Å². The highest BCUT2D eigenvalue weighted by Gasteiger charge is 2.05. The Balaban J connectivity index is 1.86. The minimum absolute atomic E-state index is 0.147. The largest absolute Gasteiger partial charge is 0.493 e. The zero-order valence-electron chi connectivity index (χ0n) is 15.4. The molecule has 2 aromatic carbocycles. The zero-order chi connectivity index (χ0) is 18.8. The van der Waals surface area contributed by atoms with Gasteiger partial charge in [-0.2, -0.15) is 5.10 Å². The predicted molar refractivity (Wildman–Crippen MR) is 104 cm³/mol. The first-order valence-electron chi connectivity index (χ1n) is 8.55. The minimum Gasteiger partial charge on any atom is -0.493 e. The summed E-state index contributed by atoms with van der Waals surface area (Å²) in [6, 6.07) is 13.3. The summed E-state index contributed by atoms with van der Waals surface area (Å²) in [5.74, 6) is 1.10. The molecular formula is C20H25N3O3. The molecule has 1 amide bonds. The van der Waals surface area contributed by atoms with Crippen LogP contribution in [0, 0.1) is 6.92 Å². The van der Waals surface area contributed by atoms with Gasteiger partial charge in [-0.25, -0.2) is 5.43 Å². The Hall–Kier alpha value is -3.02. The highest BCUT2D eigenvalue weighted by molar-refractivity contribution is 5.84. The molecular weight excluding hydrogens is 330 g/mol. The normalized spacial score (nSPS) is 10.6. The van der Waals surface area contributed by atoms with Crippen LogP contribution in [0.1, 0.15) is 24.5 Å². The van der Waals surface area contributed by atoms with E-state index in [-0.39, 0.29) is 12.5 Å². The average Bonchev–Trinajstić information content (AvgIpc) is 2.66. The molecule has 0 radical (unpaired) electrons. The molecule has 0 atom stereocenters. The van der Waals surface area contributed by atoms with E-state index in [1.165, 1.54) is 5.56 Å². The Morgan fingerprint density at radius 2 is 1.92 bits per heavy atom. The molecule has 0 fully saturated rings. The van der Waals surface area contributed by atoms with E-state index in [0.29, 0.717) is 18.1 Å². The topological polar surface area (TPSA) is 72.0 Å². The lowest BCUT2D eigenvalue weighted by atomic mass is 10.2. The van der Waals surface area contributed by atoms with Crippen LogP contribution in [0.3, 0.4) is 0 Å². The van der Waals surface area contributed by atoms with E-state index in [1.807, 2.05) is 56.3 Å². The number of hydrogen-bond acceptors (Lipinski definition) is 5. The number of rotatable bonds is 9. The number of hydrogen-bond donors (Lipinski definition) is 2. The third-order valence-corrected chi connectivity index (χ3v) is 3.56. The third-order valence-electron chi connectivity index (χ3n) is 3.56. The van der Waals surface area contributed by atoms with Crippen LogP contribution in [-0.2, 0) is 4.79 Å². The lowest BCUT2D eigenvalue weighted by Crippen LogP contribution is -2.25. The Morgan fingerprint density at radius 3 is 2.62 bits per heavy atom. The van der Waals surface area contributed by atoms with Gasteiger partial charge in [0, 0.05) is 5.69 Å². The zero-order valence-corrected chi connectivity index (χ0v) is 15.4. The van der Waals surface area contributed by atoms with Gasteiger partial charge in [0.05, 0.1) is 26.5 Å². The number of ether oxygens (including phenoxy) is 2. The molecule has 6 heteroatoms. The first-order chi connectivity index (χ1) is 12.6. The Labute approximate surface area is 154 Å². The standard InChI is InChI=1S/C20H25N3O3/c1-4-11-26-19-12-16(7-10-18(19)25-3)13-22-23-20(24)14-21-17-8-5-15(2)6-9-17/h5-10,12-13,21H,4,11,14H2,1-3H3,(H,23,24)/b22-13-. The monoisotopic (exact) mass is 355 g/mol. The maximum Gasteiger partial charge on any atom is 0.259 e. The molecule has 0 saturated carbocycles. The van der Waals surface area contributed by atoms with Crippen molar-refractivity contribution >= 4 is 17.8 Å². The van der Waals surface area contributed by atoms with E-state index in [4.69, 9.17) is 9.47 Å². The van der Waals surface area contributed by atoms with E-state index < -0.39 is 0 Å². The van der Waals surface area contributed by atoms with Crippen molar-refractivity contribution in [2.45, 2.75) is 20.3 Å². The van der Waals surface area contributed by atoms with Crippen LogP contribution in [0.25, 0.3) is 0 Å². The van der Waals surface area contributed by atoms with Crippen molar-refractivity contribution in [3.05, 3.63) is 53.6 Å². The summed E-state index contributed by atoms with van der Waals surface area (Å²) in [7, 11) is 1.60.